The number of carbonyl (C=O) groups excluding carboxylic acids is 1. The van der Waals surface area contributed by atoms with Gasteiger partial charge in [0.15, 0.2) is 5.96 Å². The molecule has 0 aromatic heterocycles. The molecule has 1 aromatic rings. The molecule has 6 heteroatoms. The van der Waals surface area contributed by atoms with E-state index in [1.165, 1.54) is 11.1 Å². The molecule has 0 spiro atoms. The average molecular weight is 446 g/mol. The van der Waals surface area contributed by atoms with Gasteiger partial charge < -0.3 is 15.1 Å². The van der Waals surface area contributed by atoms with Crippen molar-refractivity contribution in [2.24, 2.45) is 4.99 Å². The molecule has 1 rings (SSSR count). The highest BCUT2D eigenvalue weighted by Crippen LogP contribution is 2.05. The highest BCUT2D eigenvalue weighted by molar-refractivity contribution is 14.0. The second kappa shape index (κ2) is 12.1. The maximum Gasteiger partial charge on any atom is 0.242 e. The Balaban J connectivity index is 0.00000529. The number of guanidine groups is 1. The van der Waals surface area contributed by atoms with E-state index in [-0.39, 0.29) is 29.9 Å². The predicted octanol–water partition coefficient (Wildman–Crippen LogP) is 2.88. The van der Waals surface area contributed by atoms with Crippen molar-refractivity contribution in [1.29, 1.82) is 0 Å². The molecule has 0 fully saturated rings. The number of halogens is 1. The summed E-state index contributed by atoms with van der Waals surface area (Å²) in [6.45, 7) is 11.3. The lowest BCUT2D eigenvalue weighted by atomic mass is 10.1. The number of rotatable bonds is 7. The van der Waals surface area contributed by atoms with Gasteiger partial charge in [0.2, 0.25) is 5.91 Å². The summed E-state index contributed by atoms with van der Waals surface area (Å²) >= 11 is 0. The van der Waals surface area contributed by atoms with Gasteiger partial charge >= 0.3 is 0 Å². The minimum Gasteiger partial charge on any atom is -0.357 e. The number of aliphatic imine (C=N–C) groups is 1. The van der Waals surface area contributed by atoms with Crippen molar-refractivity contribution in [2.45, 2.75) is 34.2 Å². The molecular formula is C18H31IN4O. The van der Waals surface area contributed by atoms with Gasteiger partial charge in [0.05, 0.1) is 13.1 Å². The Bertz CT molecular complexity index is 530. The van der Waals surface area contributed by atoms with Crippen LogP contribution in [0.15, 0.2) is 29.3 Å². The number of carbonyl (C=O) groups is 1. The van der Waals surface area contributed by atoms with Crippen LogP contribution < -0.4 is 5.32 Å². The molecule has 136 valence electrons. The van der Waals surface area contributed by atoms with Gasteiger partial charge in [-0.2, -0.15) is 0 Å². The Kier molecular flexibility index (Phi) is 11.4. The summed E-state index contributed by atoms with van der Waals surface area (Å²) in [7, 11) is 1.90. The molecule has 0 bridgehead atoms. The van der Waals surface area contributed by atoms with Gasteiger partial charge in [0.25, 0.3) is 0 Å². The summed E-state index contributed by atoms with van der Waals surface area (Å²) in [5.41, 5.74) is 2.40. The fourth-order valence-corrected chi connectivity index (χ4v) is 2.40. The molecule has 0 unspecified atom stereocenters. The monoisotopic (exact) mass is 446 g/mol. The number of hydrogen-bond acceptors (Lipinski definition) is 2. The molecule has 24 heavy (non-hydrogen) atoms. The van der Waals surface area contributed by atoms with E-state index >= 15 is 0 Å². The van der Waals surface area contributed by atoms with Crippen molar-refractivity contribution in [2.75, 3.05) is 33.2 Å². The third kappa shape index (κ3) is 7.51. The van der Waals surface area contributed by atoms with Gasteiger partial charge in [0, 0.05) is 26.7 Å². The molecule has 0 saturated heterocycles. The molecule has 0 atom stereocenters. The number of benzene rings is 1. The predicted molar refractivity (Wildman–Crippen MR) is 112 cm³/mol. The summed E-state index contributed by atoms with van der Waals surface area (Å²) in [5.74, 6) is 0.883. The van der Waals surface area contributed by atoms with E-state index in [4.69, 9.17) is 0 Å². The molecule has 1 aromatic carbocycles. The van der Waals surface area contributed by atoms with E-state index in [2.05, 4.69) is 35.4 Å². The maximum absolute atomic E-state index is 12.2. The highest BCUT2D eigenvalue weighted by atomic mass is 127. The van der Waals surface area contributed by atoms with Crippen molar-refractivity contribution < 1.29 is 4.79 Å². The zero-order valence-corrected chi connectivity index (χ0v) is 17.8. The van der Waals surface area contributed by atoms with Gasteiger partial charge in [0.1, 0.15) is 0 Å². The summed E-state index contributed by atoms with van der Waals surface area (Å²) in [6, 6.07) is 8.32. The molecule has 5 nitrogen and oxygen atoms in total. The standard InChI is InChI=1S/C18H30N4O.HI/c1-6-19-18(20-13-16-11-9-10-15(4)12-16)21(5)14-17(23)22(7-2)8-3;/h9-12H,6-8,13-14H2,1-5H3,(H,19,20);1H. The van der Waals surface area contributed by atoms with Crippen LogP contribution in [0.5, 0.6) is 0 Å². The van der Waals surface area contributed by atoms with E-state index in [0.29, 0.717) is 13.1 Å². The number of amides is 1. The first-order chi connectivity index (χ1) is 11.0. The third-order valence-electron chi connectivity index (χ3n) is 3.68. The number of nitrogens with zero attached hydrogens (tertiary/aromatic N) is 3. The lowest BCUT2D eigenvalue weighted by Crippen LogP contribution is -2.45. The molecule has 1 amide bonds. The average Bonchev–Trinajstić information content (AvgIpc) is 2.52. The Morgan fingerprint density at radius 3 is 2.42 bits per heavy atom. The van der Waals surface area contributed by atoms with Gasteiger partial charge in [-0.1, -0.05) is 29.8 Å². The van der Waals surface area contributed by atoms with Crippen molar-refractivity contribution in [3.63, 3.8) is 0 Å². The van der Waals surface area contributed by atoms with Crippen molar-refractivity contribution in [3.8, 4) is 0 Å². The summed E-state index contributed by atoms with van der Waals surface area (Å²) in [4.78, 5) is 20.6. The molecule has 0 aliphatic carbocycles. The smallest absolute Gasteiger partial charge is 0.242 e. The van der Waals surface area contributed by atoms with Crippen LogP contribution in [0.25, 0.3) is 0 Å². The number of aryl methyl sites for hydroxylation is 1. The zero-order valence-electron chi connectivity index (χ0n) is 15.5. The SMILES string of the molecule is CCNC(=NCc1cccc(C)c1)N(C)CC(=O)N(CC)CC.I. The van der Waals surface area contributed by atoms with E-state index in [1.807, 2.05) is 43.7 Å². The van der Waals surface area contributed by atoms with Gasteiger partial charge in [-0.25, -0.2) is 4.99 Å². The number of hydrogen-bond donors (Lipinski definition) is 1. The Hall–Kier alpha value is -1.31. The second-order valence-corrected chi connectivity index (χ2v) is 5.58. The van der Waals surface area contributed by atoms with Crippen LogP contribution in [-0.4, -0.2) is 54.9 Å². The van der Waals surface area contributed by atoms with Crippen LogP contribution in [0.1, 0.15) is 31.9 Å². The summed E-state index contributed by atoms with van der Waals surface area (Å²) < 4.78 is 0. The van der Waals surface area contributed by atoms with Crippen LogP contribution in [0.4, 0.5) is 0 Å². The molecule has 1 N–H and O–H groups in total. The topological polar surface area (TPSA) is 47.9 Å². The highest BCUT2D eigenvalue weighted by Gasteiger charge is 2.14. The number of nitrogens with one attached hydrogen (secondary N) is 1. The third-order valence-corrected chi connectivity index (χ3v) is 3.68. The Morgan fingerprint density at radius 1 is 1.21 bits per heavy atom. The van der Waals surface area contributed by atoms with E-state index in [9.17, 15) is 4.79 Å². The first-order valence-electron chi connectivity index (χ1n) is 8.34. The largest absolute Gasteiger partial charge is 0.357 e. The van der Waals surface area contributed by atoms with Crippen molar-refractivity contribution in [3.05, 3.63) is 35.4 Å². The van der Waals surface area contributed by atoms with E-state index < -0.39 is 0 Å². The van der Waals surface area contributed by atoms with Gasteiger partial charge in [-0.05, 0) is 33.3 Å². The van der Waals surface area contributed by atoms with Crippen LogP contribution in [0.3, 0.4) is 0 Å². The van der Waals surface area contributed by atoms with Crippen LogP contribution in [-0.2, 0) is 11.3 Å². The number of likely N-dealkylation sites (N-methyl/N-ethyl adjacent to an activating group) is 2. The maximum atomic E-state index is 12.2. The van der Waals surface area contributed by atoms with Gasteiger partial charge in [-0.15, -0.1) is 24.0 Å². The first-order valence-corrected chi connectivity index (χ1v) is 8.34. The zero-order chi connectivity index (χ0) is 17.2. The minimum atomic E-state index is 0. The molecule has 0 heterocycles. The molecule has 0 aliphatic rings. The van der Waals surface area contributed by atoms with Crippen molar-refractivity contribution >= 4 is 35.8 Å². The minimum absolute atomic E-state index is 0. The van der Waals surface area contributed by atoms with Crippen LogP contribution in [0, 0.1) is 6.92 Å². The molecule has 0 saturated carbocycles. The second-order valence-electron chi connectivity index (χ2n) is 5.58. The van der Waals surface area contributed by atoms with E-state index in [1.54, 1.807) is 0 Å². The van der Waals surface area contributed by atoms with E-state index in [0.717, 1.165) is 25.6 Å². The Morgan fingerprint density at radius 2 is 1.88 bits per heavy atom. The first kappa shape index (κ1) is 22.7. The lowest BCUT2D eigenvalue weighted by Gasteiger charge is -2.25. The lowest BCUT2D eigenvalue weighted by molar-refractivity contribution is -0.131. The van der Waals surface area contributed by atoms with Gasteiger partial charge in [-0.3, -0.25) is 4.79 Å². The molecule has 0 radical (unpaired) electrons. The van der Waals surface area contributed by atoms with Crippen LogP contribution >= 0.6 is 24.0 Å². The quantitative estimate of drug-likeness (QED) is 0.398. The molecule has 0 aliphatic heterocycles. The fraction of sp³-hybridized carbons (Fsp3) is 0.556. The van der Waals surface area contributed by atoms with Crippen LogP contribution in [0.2, 0.25) is 0 Å². The molecular weight excluding hydrogens is 415 g/mol. The van der Waals surface area contributed by atoms with Crippen molar-refractivity contribution in [1.82, 2.24) is 15.1 Å². The Labute approximate surface area is 163 Å². The normalized spacial score (nSPS) is 10.8. The fourth-order valence-electron chi connectivity index (χ4n) is 2.40. The summed E-state index contributed by atoms with van der Waals surface area (Å²) in [6.07, 6.45) is 0. The summed E-state index contributed by atoms with van der Waals surface area (Å²) in [5, 5.41) is 3.25.